The van der Waals surface area contributed by atoms with Gasteiger partial charge in [0, 0.05) is 11.0 Å². The van der Waals surface area contributed by atoms with Gasteiger partial charge in [-0.1, -0.05) is 18.2 Å². The van der Waals surface area contributed by atoms with E-state index in [0.29, 0.717) is 5.56 Å². The molecule has 1 rings (SSSR count). The highest BCUT2D eigenvalue weighted by atomic mass is 32.2. The first-order valence-electron chi connectivity index (χ1n) is 3.26. The number of hydrogen-bond donors (Lipinski definition) is 2. The summed E-state index contributed by atoms with van der Waals surface area (Å²) in [7, 11) is 0. The smallest absolute Gasteiger partial charge is 0.178 e. The van der Waals surface area contributed by atoms with Crippen LogP contribution in [0.5, 0.6) is 5.75 Å². The third-order valence-corrected chi connectivity index (χ3v) is 1.67. The molecule has 0 saturated heterocycles. The number of phenolic OH excluding ortho intramolecular Hbond substituents is 1. The lowest BCUT2D eigenvalue weighted by atomic mass is 10.2. The Labute approximate surface area is 72.6 Å². The summed E-state index contributed by atoms with van der Waals surface area (Å²) >= 11 is -1.97. The van der Waals surface area contributed by atoms with Gasteiger partial charge in [-0.05, 0) is 12.1 Å². The zero-order valence-electron chi connectivity index (χ0n) is 6.18. The minimum atomic E-state index is -1.97. The predicted octanol–water partition coefficient (Wildman–Crippen LogP) is 1.58. The number of benzene rings is 1. The molecule has 64 valence electrons. The first-order valence-corrected chi connectivity index (χ1v) is 4.43. The molecule has 0 fully saturated rings. The molecule has 4 heteroatoms. The summed E-state index contributed by atoms with van der Waals surface area (Å²) < 4.78 is 18.6. The van der Waals surface area contributed by atoms with Gasteiger partial charge >= 0.3 is 0 Å². The second-order valence-corrected chi connectivity index (χ2v) is 2.96. The monoisotopic (exact) mass is 184 g/mol. The van der Waals surface area contributed by atoms with E-state index in [9.17, 15) is 9.32 Å². The molecule has 0 spiro atoms. The zero-order valence-corrected chi connectivity index (χ0v) is 6.99. The Kier molecular flexibility index (Phi) is 3.01. The molecular formula is C8H8O3S. The van der Waals surface area contributed by atoms with Gasteiger partial charge in [0.25, 0.3) is 0 Å². The molecule has 0 aliphatic rings. The van der Waals surface area contributed by atoms with Crippen molar-refractivity contribution >= 4 is 17.2 Å². The maximum atomic E-state index is 10.2. The van der Waals surface area contributed by atoms with Gasteiger partial charge < -0.3 is 9.66 Å². The van der Waals surface area contributed by atoms with Crippen molar-refractivity contribution < 1.29 is 13.9 Å². The number of rotatable bonds is 2. The van der Waals surface area contributed by atoms with Crippen LogP contribution in [0.15, 0.2) is 29.7 Å². The number of hydrogen-bond acceptors (Lipinski definition) is 2. The van der Waals surface area contributed by atoms with Crippen LogP contribution in [-0.2, 0) is 11.1 Å². The molecule has 0 radical (unpaired) electrons. The molecule has 0 bridgehead atoms. The molecule has 0 saturated carbocycles. The SMILES string of the molecule is O=S(O)/C=C\c1ccccc1O. The van der Waals surface area contributed by atoms with Gasteiger partial charge in [0.05, 0.1) is 0 Å². The summed E-state index contributed by atoms with van der Waals surface area (Å²) in [5.41, 5.74) is 0.528. The number of phenols is 1. The highest BCUT2D eigenvalue weighted by Gasteiger charge is 1.93. The topological polar surface area (TPSA) is 57.5 Å². The van der Waals surface area contributed by atoms with E-state index in [1.165, 1.54) is 12.1 Å². The van der Waals surface area contributed by atoms with Crippen molar-refractivity contribution in [2.45, 2.75) is 0 Å². The summed E-state index contributed by atoms with van der Waals surface area (Å²) in [5, 5.41) is 10.3. The van der Waals surface area contributed by atoms with E-state index < -0.39 is 11.1 Å². The molecular weight excluding hydrogens is 176 g/mol. The van der Waals surface area contributed by atoms with Crippen LogP contribution in [0, 0.1) is 0 Å². The Bertz CT molecular complexity index is 320. The summed E-state index contributed by atoms with van der Waals surface area (Å²) in [6, 6.07) is 6.58. The summed E-state index contributed by atoms with van der Waals surface area (Å²) in [5.74, 6) is 0.0965. The van der Waals surface area contributed by atoms with Crippen LogP contribution in [0.1, 0.15) is 5.56 Å². The van der Waals surface area contributed by atoms with Crippen molar-refractivity contribution in [3.8, 4) is 5.75 Å². The van der Waals surface area contributed by atoms with Crippen LogP contribution < -0.4 is 0 Å². The maximum absolute atomic E-state index is 10.2. The van der Waals surface area contributed by atoms with Gasteiger partial charge in [-0.3, -0.25) is 0 Å². The second kappa shape index (κ2) is 4.04. The van der Waals surface area contributed by atoms with Crippen LogP contribution in [0.4, 0.5) is 0 Å². The van der Waals surface area contributed by atoms with Gasteiger partial charge in [0.2, 0.25) is 0 Å². The summed E-state index contributed by atoms with van der Waals surface area (Å²) in [6.07, 6.45) is 1.39. The third-order valence-electron chi connectivity index (χ3n) is 1.30. The molecule has 2 N–H and O–H groups in total. The Hall–Kier alpha value is -1.13. The van der Waals surface area contributed by atoms with Crippen LogP contribution in [0.2, 0.25) is 0 Å². The quantitative estimate of drug-likeness (QED) is 0.686. The molecule has 0 amide bonds. The van der Waals surface area contributed by atoms with Gasteiger partial charge in [-0.25, -0.2) is 4.21 Å². The Morgan fingerprint density at radius 1 is 1.33 bits per heavy atom. The van der Waals surface area contributed by atoms with Gasteiger partial charge in [0.15, 0.2) is 11.1 Å². The van der Waals surface area contributed by atoms with Crippen molar-refractivity contribution in [1.82, 2.24) is 0 Å². The Morgan fingerprint density at radius 3 is 2.58 bits per heavy atom. The predicted molar refractivity (Wildman–Crippen MR) is 47.9 cm³/mol. The molecule has 3 nitrogen and oxygen atoms in total. The van der Waals surface area contributed by atoms with E-state index in [4.69, 9.17) is 4.55 Å². The van der Waals surface area contributed by atoms with E-state index in [1.807, 2.05) is 0 Å². The van der Waals surface area contributed by atoms with E-state index in [-0.39, 0.29) is 5.75 Å². The van der Waals surface area contributed by atoms with Crippen molar-refractivity contribution in [2.24, 2.45) is 0 Å². The van der Waals surface area contributed by atoms with Crippen LogP contribution in [0.25, 0.3) is 6.08 Å². The van der Waals surface area contributed by atoms with Crippen LogP contribution in [0.3, 0.4) is 0 Å². The standard InChI is InChI=1S/C8H8O3S/c9-8-4-2-1-3-7(8)5-6-12(10)11/h1-6,9H,(H,10,11)/b6-5-. The lowest BCUT2D eigenvalue weighted by Crippen LogP contribution is -1.77. The van der Waals surface area contributed by atoms with E-state index in [2.05, 4.69) is 0 Å². The van der Waals surface area contributed by atoms with Gasteiger partial charge in [0.1, 0.15) is 5.75 Å². The minimum absolute atomic E-state index is 0.0965. The van der Waals surface area contributed by atoms with E-state index >= 15 is 0 Å². The molecule has 12 heavy (non-hydrogen) atoms. The highest BCUT2D eigenvalue weighted by Crippen LogP contribution is 2.16. The molecule has 1 aromatic rings. The van der Waals surface area contributed by atoms with Crippen LogP contribution in [-0.4, -0.2) is 13.9 Å². The lowest BCUT2D eigenvalue weighted by molar-refractivity contribution is 0.474. The molecule has 0 heterocycles. The molecule has 1 unspecified atom stereocenters. The largest absolute Gasteiger partial charge is 0.507 e. The van der Waals surface area contributed by atoms with Gasteiger partial charge in [-0.2, -0.15) is 0 Å². The molecule has 1 atom stereocenters. The fraction of sp³-hybridized carbons (Fsp3) is 0. The van der Waals surface area contributed by atoms with Gasteiger partial charge in [-0.15, -0.1) is 0 Å². The Morgan fingerprint density at radius 2 is 2.00 bits per heavy atom. The highest BCUT2D eigenvalue weighted by molar-refractivity contribution is 7.82. The van der Waals surface area contributed by atoms with Crippen molar-refractivity contribution in [2.75, 3.05) is 0 Å². The fourth-order valence-electron chi connectivity index (χ4n) is 0.760. The normalized spacial score (nSPS) is 13.4. The van der Waals surface area contributed by atoms with E-state index in [0.717, 1.165) is 5.41 Å². The second-order valence-electron chi connectivity index (χ2n) is 2.14. The number of aromatic hydroxyl groups is 1. The first-order chi connectivity index (χ1) is 5.70. The van der Waals surface area contributed by atoms with Crippen molar-refractivity contribution in [1.29, 1.82) is 0 Å². The van der Waals surface area contributed by atoms with Crippen molar-refractivity contribution in [3.63, 3.8) is 0 Å². The summed E-state index contributed by atoms with van der Waals surface area (Å²) in [4.78, 5) is 0. The molecule has 0 aromatic heterocycles. The molecule has 1 aromatic carbocycles. The van der Waals surface area contributed by atoms with E-state index in [1.54, 1.807) is 18.2 Å². The fourth-order valence-corrected chi connectivity index (χ4v) is 1.02. The summed E-state index contributed by atoms with van der Waals surface area (Å²) in [6.45, 7) is 0. The minimum Gasteiger partial charge on any atom is -0.507 e. The molecule has 0 aliphatic heterocycles. The third kappa shape index (κ3) is 2.48. The first kappa shape index (κ1) is 8.96. The average Bonchev–Trinajstić information content (AvgIpc) is 2.03. The Balaban J connectivity index is 2.89. The zero-order chi connectivity index (χ0) is 8.97. The molecule has 0 aliphatic carbocycles. The maximum Gasteiger partial charge on any atom is 0.178 e. The number of para-hydroxylation sites is 1. The lowest BCUT2D eigenvalue weighted by Gasteiger charge is -1.95. The van der Waals surface area contributed by atoms with Crippen molar-refractivity contribution in [3.05, 3.63) is 35.2 Å². The van der Waals surface area contributed by atoms with Crippen LogP contribution >= 0.6 is 0 Å². The average molecular weight is 184 g/mol.